The van der Waals surface area contributed by atoms with Gasteiger partial charge in [0.05, 0.1) is 30.8 Å². The lowest BCUT2D eigenvalue weighted by Crippen LogP contribution is -2.40. The molecule has 25 heavy (non-hydrogen) atoms. The summed E-state index contributed by atoms with van der Waals surface area (Å²) in [4.78, 5) is 20.9. The summed E-state index contributed by atoms with van der Waals surface area (Å²) in [6.07, 6.45) is 0.950. The van der Waals surface area contributed by atoms with E-state index in [4.69, 9.17) is 4.74 Å². The zero-order valence-corrected chi connectivity index (χ0v) is 15.1. The highest BCUT2D eigenvalue weighted by Crippen LogP contribution is 2.15. The Balaban J connectivity index is 1.44. The summed E-state index contributed by atoms with van der Waals surface area (Å²) in [6, 6.07) is 7.94. The molecule has 2 heterocycles. The monoisotopic (exact) mass is 345 g/mol. The molecule has 1 aliphatic rings. The summed E-state index contributed by atoms with van der Waals surface area (Å²) in [5, 5.41) is 2.99. The van der Waals surface area contributed by atoms with Gasteiger partial charge < -0.3 is 19.5 Å². The first-order chi connectivity index (χ1) is 12.1. The van der Waals surface area contributed by atoms with Crippen LogP contribution in [-0.4, -0.2) is 71.8 Å². The van der Waals surface area contributed by atoms with Gasteiger partial charge in [0, 0.05) is 33.7 Å². The van der Waals surface area contributed by atoms with Gasteiger partial charge in [0.25, 0.3) is 0 Å². The lowest BCUT2D eigenvalue weighted by molar-refractivity contribution is 0.0375. The van der Waals surface area contributed by atoms with Crippen LogP contribution in [-0.2, 0) is 18.3 Å². The number of carbonyl (C=O) groups is 1. The van der Waals surface area contributed by atoms with Crippen LogP contribution >= 0.6 is 0 Å². The Kier molecular flexibility index (Phi) is 5.88. The Labute approximate surface area is 148 Å². The van der Waals surface area contributed by atoms with E-state index in [2.05, 4.69) is 15.2 Å². The molecule has 0 saturated carbocycles. The largest absolute Gasteiger partial charge is 0.379 e. The fourth-order valence-corrected chi connectivity index (χ4v) is 3.08. The average molecular weight is 345 g/mol. The minimum absolute atomic E-state index is 0.0611. The van der Waals surface area contributed by atoms with Gasteiger partial charge in [-0.2, -0.15) is 0 Å². The number of aromatic nitrogens is 2. The van der Waals surface area contributed by atoms with Crippen LogP contribution in [0.25, 0.3) is 11.0 Å². The molecule has 1 aromatic heterocycles. The third-order valence-electron chi connectivity index (χ3n) is 4.64. The highest BCUT2D eigenvalue weighted by Gasteiger charge is 2.14. The molecule has 1 aliphatic heterocycles. The van der Waals surface area contributed by atoms with E-state index >= 15 is 0 Å². The highest BCUT2D eigenvalue weighted by atomic mass is 16.5. The van der Waals surface area contributed by atoms with Crippen molar-refractivity contribution in [1.82, 2.24) is 24.7 Å². The molecule has 136 valence electrons. The van der Waals surface area contributed by atoms with E-state index in [1.165, 1.54) is 0 Å². The summed E-state index contributed by atoms with van der Waals surface area (Å²) in [7, 11) is 3.79. The predicted octanol–water partition coefficient (Wildman–Crippen LogP) is 1.44. The van der Waals surface area contributed by atoms with Gasteiger partial charge in [-0.25, -0.2) is 9.78 Å². The Bertz CT molecular complexity index is 709. The summed E-state index contributed by atoms with van der Waals surface area (Å²) in [5.41, 5.74) is 2.04. The molecule has 7 nitrogen and oxygen atoms in total. The van der Waals surface area contributed by atoms with Crippen molar-refractivity contribution in [2.45, 2.75) is 13.0 Å². The molecular weight excluding hydrogens is 318 g/mol. The molecule has 1 N–H and O–H groups in total. The molecule has 0 atom stereocenters. The van der Waals surface area contributed by atoms with E-state index in [1.807, 2.05) is 35.9 Å². The lowest BCUT2D eigenvalue weighted by Gasteiger charge is -2.26. The average Bonchev–Trinajstić information content (AvgIpc) is 2.95. The quantitative estimate of drug-likeness (QED) is 0.805. The van der Waals surface area contributed by atoms with Crippen LogP contribution in [0, 0.1) is 0 Å². The van der Waals surface area contributed by atoms with Crippen molar-refractivity contribution in [3.63, 3.8) is 0 Å². The number of benzene rings is 1. The number of rotatable bonds is 6. The minimum Gasteiger partial charge on any atom is -0.379 e. The van der Waals surface area contributed by atoms with E-state index in [0.717, 1.165) is 56.1 Å². The maximum absolute atomic E-state index is 12.3. The first kappa shape index (κ1) is 17.7. The van der Waals surface area contributed by atoms with Gasteiger partial charge in [0.1, 0.15) is 5.82 Å². The first-order valence-electron chi connectivity index (χ1n) is 8.84. The molecular formula is C18H27N5O2. The SMILES string of the molecule is CN(Cc1nc2ccccc2n1C)C(=O)NCCCN1CCOCC1. The Morgan fingerprint density at radius 2 is 2.08 bits per heavy atom. The van der Waals surface area contributed by atoms with Crippen molar-refractivity contribution in [2.24, 2.45) is 7.05 Å². The zero-order valence-electron chi connectivity index (χ0n) is 15.1. The normalized spacial score (nSPS) is 15.4. The summed E-state index contributed by atoms with van der Waals surface area (Å²) in [6.45, 7) is 5.77. The first-order valence-corrected chi connectivity index (χ1v) is 8.84. The number of para-hydroxylation sites is 2. The maximum atomic E-state index is 12.3. The summed E-state index contributed by atoms with van der Waals surface area (Å²) in [5.74, 6) is 0.882. The molecule has 1 fully saturated rings. The molecule has 7 heteroatoms. The van der Waals surface area contributed by atoms with Gasteiger partial charge in [-0.3, -0.25) is 4.90 Å². The number of imidazole rings is 1. The van der Waals surface area contributed by atoms with Crippen LogP contribution in [0.3, 0.4) is 0 Å². The maximum Gasteiger partial charge on any atom is 0.317 e. The van der Waals surface area contributed by atoms with Gasteiger partial charge in [-0.1, -0.05) is 12.1 Å². The Morgan fingerprint density at radius 3 is 2.84 bits per heavy atom. The van der Waals surface area contributed by atoms with E-state index in [0.29, 0.717) is 13.1 Å². The van der Waals surface area contributed by atoms with Gasteiger partial charge in [-0.05, 0) is 25.1 Å². The number of urea groups is 1. The second-order valence-corrected chi connectivity index (χ2v) is 6.47. The van der Waals surface area contributed by atoms with Crippen molar-refractivity contribution < 1.29 is 9.53 Å². The van der Waals surface area contributed by atoms with Gasteiger partial charge in [0.2, 0.25) is 0 Å². The number of amides is 2. The molecule has 1 saturated heterocycles. The fourth-order valence-electron chi connectivity index (χ4n) is 3.08. The van der Waals surface area contributed by atoms with Crippen molar-refractivity contribution in [3.05, 3.63) is 30.1 Å². The molecule has 0 aliphatic carbocycles. The van der Waals surface area contributed by atoms with Crippen LogP contribution in [0.4, 0.5) is 4.79 Å². The number of fused-ring (bicyclic) bond motifs is 1. The second-order valence-electron chi connectivity index (χ2n) is 6.47. The Hall–Kier alpha value is -2.12. The number of nitrogens with one attached hydrogen (secondary N) is 1. The van der Waals surface area contributed by atoms with E-state index in [-0.39, 0.29) is 6.03 Å². The lowest BCUT2D eigenvalue weighted by atomic mass is 10.3. The number of ether oxygens (including phenoxy) is 1. The molecule has 0 radical (unpaired) electrons. The number of carbonyl (C=O) groups excluding carboxylic acids is 1. The van der Waals surface area contributed by atoms with Crippen LogP contribution in [0.15, 0.2) is 24.3 Å². The smallest absolute Gasteiger partial charge is 0.317 e. The number of hydrogen-bond acceptors (Lipinski definition) is 4. The fraction of sp³-hybridized carbons (Fsp3) is 0.556. The van der Waals surface area contributed by atoms with Crippen molar-refractivity contribution >= 4 is 17.1 Å². The number of hydrogen-bond donors (Lipinski definition) is 1. The number of morpholine rings is 1. The minimum atomic E-state index is -0.0611. The second kappa shape index (κ2) is 8.31. The summed E-state index contributed by atoms with van der Waals surface area (Å²) >= 11 is 0. The molecule has 0 bridgehead atoms. The van der Waals surface area contributed by atoms with E-state index in [1.54, 1.807) is 11.9 Å². The Morgan fingerprint density at radius 1 is 1.32 bits per heavy atom. The van der Waals surface area contributed by atoms with E-state index < -0.39 is 0 Å². The van der Waals surface area contributed by atoms with Crippen LogP contribution < -0.4 is 5.32 Å². The number of nitrogens with zero attached hydrogens (tertiary/aromatic N) is 4. The number of aryl methyl sites for hydroxylation is 1. The third kappa shape index (κ3) is 4.49. The van der Waals surface area contributed by atoms with Gasteiger partial charge >= 0.3 is 6.03 Å². The van der Waals surface area contributed by atoms with Gasteiger partial charge in [-0.15, -0.1) is 0 Å². The van der Waals surface area contributed by atoms with E-state index in [9.17, 15) is 4.79 Å². The molecule has 1 aromatic carbocycles. The van der Waals surface area contributed by atoms with Crippen LogP contribution in [0.1, 0.15) is 12.2 Å². The zero-order chi connectivity index (χ0) is 17.6. The predicted molar refractivity (Wildman–Crippen MR) is 97.5 cm³/mol. The third-order valence-corrected chi connectivity index (χ3v) is 4.64. The summed E-state index contributed by atoms with van der Waals surface area (Å²) < 4.78 is 7.38. The van der Waals surface area contributed by atoms with Crippen molar-refractivity contribution in [3.8, 4) is 0 Å². The molecule has 0 spiro atoms. The highest BCUT2D eigenvalue weighted by molar-refractivity contribution is 5.76. The van der Waals surface area contributed by atoms with Crippen LogP contribution in [0.2, 0.25) is 0 Å². The van der Waals surface area contributed by atoms with Crippen molar-refractivity contribution in [2.75, 3.05) is 46.4 Å². The molecule has 2 aromatic rings. The van der Waals surface area contributed by atoms with Crippen LogP contribution in [0.5, 0.6) is 0 Å². The standard InChI is InChI=1S/C18H27N5O2/c1-21(14-17-20-15-6-3-4-7-16(15)22(17)2)18(24)19-8-5-9-23-10-12-25-13-11-23/h3-4,6-7H,5,8-14H2,1-2H3,(H,19,24). The molecule has 2 amide bonds. The molecule has 3 rings (SSSR count). The molecule has 0 unspecified atom stereocenters. The topological polar surface area (TPSA) is 62.6 Å². The van der Waals surface area contributed by atoms with Crippen molar-refractivity contribution in [1.29, 1.82) is 0 Å². The van der Waals surface area contributed by atoms with Gasteiger partial charge in [0.15, 0.2) is 0 Å².